The molecule has 1 saturated heterocycles. The number of Topliss-reactive ketones (excluding diaryl/α,β-unsaturated/α-hetero) is 1. The Hall–Kier alpha value is -3.65. The van der Waals surface area contributed by atoms with E-state index >= 15 is 0 Å². The van der Waals surface area contributed by atoms with Gasteiger partial charge in [-0.3, -0.25) is 9.59 Å². The van der Waals surface area contributed by atoms with Crippen LogP contribution in [0.4, 0.5) is 0 Å². The third-order valence-electron chi connectivity index (χ3n) is 5.62. The second kappa shape index (κ2) is 8.47. The first kappa shape index (κ1) is 21.6. The molecule has 0 unspecified atom stereocenters. The third kappa shape index (κ3) is 3.73. The second-order valence-corrected chi connectivity index (χ2v) is 8.14. The Labute approximate surface area is 186 Å². The van der Waals surface area contributed by atoms with E-state index in [9.17, 15) is 14.7 Å². The van der Waals surface area contributed by atoms with Gasteiger partial charge in [0.25, 0.3) is 11.7 Å². The van der Waals surface area contributed by atoms with Crippen LogP contribution < -0.4 is 0 Å². The molecule has 1 N–H and O–H groups in total. The minimum Gasteiger partial charge on any atom is -0.507 e. The highest BCUT2D eigenvalue weighted by Gasteiger charge is 2.47. The van der Waals surface area contributed by atoms with E-state index in [0.717, 1.165) is 5.69 Å². The topological polar surface area (TPSA) is 91.8 Å². The minimum absolute atomic E-state index is 0.0128. The van der Waals surface area contributed by atoms with Crippen LogP contribution in [0.5, 0.6) is 0 Å². The highest BCUT2D eigenvalue weighted by molar-refractivity contribution is 6.46. The van der Waals surface area contributed by atoms with E-state index in [1.807, 2.05) is 56.3 Å². The van der Waals surface area contributed by atoms with E-state index in [1.165, 1.54) is 11.1 Å². The number of para-hydroxylation sites is 1. The molecule has 1 aliphatic rings. The standard InChI is InChI=1S/C24H26N4O4/c1-15-10-11-19(32-15)21-20(23(30)24(31)27(21)13-12-26(3)4)22(29)18-14-25-28(16(18)2)17-8-6-5-7-9-17/h5-11,14,21,29H,12-13H2,1-4H3/t21-/m0/s1. The number of aromatic nitrogens is 2. The molecule has 0 aliphatic carbocycles. The van der Waals surface area contributed by atoms with Crippen LogP contribution in [0.15, 0.2) is 58.7 Å². The van der Waals surface area contributed by atoms with Gasteiger partial charge in [-0.1, -0.05) is 18.2 Å². The van der Waals surface area contributed by atoms with Crippen molar-refractivity contribution in [2.24, 2.45) is 0 Å². The normalized spacial score (nSPS) is 18.2. The first-order valence-corrected chi connectivity index (χ1v) is 10.4. The number of nitrogens with zero attached hydrogens (tertiary/aromatic N) is 4. The van der Waals surface area contributed by atoms with Crippen molar-refractivity contribution in [1.29, 1.82) is 0 Å². The molecule has 3 heterocycles. The van der Waals surface area contributed by atoms with Gasteiger partial charge in [-0.15, -0.1) is 0 Å². The van der Waals surface area contributed by atoms with Crippen LogP contribution in [0.2, 0.25) is 0 Å². The molecule has 4 rings (SSSR count). The zero-order valence-electron chi connectivity index (χ0n) is 18.6. The van der Waals surface area contributed by atoms with Crippen molar-refractivity contribution >= 4 is 17.4 Å². The van der Waals surface area contributed by atoms with Crippen molar-refractivity contribution in [3.63, 3.8) is 0 Å². The quantitative estimate of drug-likeness (QED) is 0.364. The van der Waals surface area contributed by atoms with E-state index in [4.69, 9.17) is 4.42 Å². The fourth-order valence-corrected chi connectivity index (χ4v) is 3.93. The van der Waals surface area contributed by atoms with Gasteiger partial charge in [-0.2, -0.15) is 5.10 Å². The molecule has 0 radical (unpaired) electrons. The molecule has 3 aromatic rings. The van der Waals surface area contributed by atoms with E-state index in [-0.39, 0.29) is 11.3 Å². The monoisotopic (exact) mass is 434 g/mol. The van der Waals surface area contributed by atoms with Crippen molar-refractivity contribution in [1.82, 2.24) is 19.6 Å². The molecule has 8 heteroatoms. The predicted octanol–water partition coefficient (Wildman–Crippen LogP) is 3.07. The Morgan fingerprint density at radius 3 is 2.47 bits per heavy atom. The van der Waals surface area contributed by atoms with Gasteiger partial charge < -0.3 is 19.3 Å². The van der Waals surface area contributed by atoms with E-state index in [0.29, 0.717) is 35.9 Å². The lowest BCUT2D eigenvalue weighted by Crippen LogP contribution is -2.35. The molecule has 32 heavy (non-hydrogen) atoms. The summed E-state index contributed by atoms with van der Waals surface area (Å²) in [5.41, 5.74) is 1.89. The second-order valence-electron chi connectivity index (χ2n) is 8.14. The number of benzene rings is 1. The summed E-state index contributed by atoms with van der Waals surface area (Å²) in [6.45, 7) is 4.49. The van der Waals surface area contributed by atoms with Crippen molar-refractivity contribution in [3.8, 4) is 5.69 Å². The summed E-state index contributed by atoms with van der Waals surface area (Å²) in [6, 6.07) is 12.2. The number of carbonyl (C=O) groups is 2. The molecule has 0 spiro atoms. The number of aliphatic hydroxyl groups excluding tert-OH is 1. The average Bonchev–Trinajstić information content (AvgIpc) is 3.43. The van der Waals surface area contributed by atoms with Gasteiger partial charge in [-0.05, 0) is 52.2 Å². The molecule has 1 aliphatic heterocycles. The summed E-state index contributed by atoms with van der Waals surface area (Å²) in [5.74, 6) is -0.538. The number of aliphatic hydroxyl groups is 1. The zero-order valence-corrected chi connectivity index (χ0v) is 18.6. The molecule has 166 valence electrons. The first-order chi connectivity index (χ1) is 15.3. The summed E-state index contributed by atoms with van der Waals surface area (Å²) in [7, 11) is 3.79. The molecule has 1 amide bonds. The fourth-order valence-electron chi connectivity index (χ4n) is 3.93. The van der Waals surface area contributed by atoms with Gasteiger partial charge in [-0.25, -0.2) is 4.68 Å². The van der Waals surface area contributed by atoms with E-state index < -0.39 is 17.7 Å². The number of aryl methyl sites for hydroxylation is 1. The van der Waals surface area contributed by atoms with Crippen LogP contribution in [0.1, 0.15) is 28.8 Å². The number of furan rings is 1. The number of amides is 1. The van der Waals surface area contributed by atoms with Crippen LogP contribution in [-0.2, 0) is 9.59 Å². The maximum Gasteiger partial charge on any atom is 0.295 e. The van der Waals surface area contributed by atoms with Crippen LogP contribution in [0.3, 0.4) is 0 Å². The number of rotatable bonds is 6. The molecular weight excluding hydrogens is 408 g/mol. The highest BCUT2D eigenvalue weighted by atomic mass is 16.3. The number of carbonyl (C=O) groups excluding carboxylic acids is 2. The maximum atomic E-state index is 13.1. The Kier molecular flexibility index (Phi) is 5.71. The summed E-state index contributed by atoms with van der Waals surface area (Å²) in [6.07, 6.45) is 1.51. The molecule has 2 aromatic heterocycles. The lowest BCUT2D eigenvalue weighted by atomic mass is 9.99. The van der Waals surface area contributed by atoms with Crippen molar-refractivity contribution in [2.45, 2.75) is 19.9 Å². The first-order valence-electron chi connectivity index (χ1n) is 10.4. The van der Waals surface area contributed by atoms with Crippen LogP contribution in [-0.4, -0.2) is 63.6 Å². The molecule has 0 bridgehead atoms. The number of hydrogen-bond acceptors (Lipinski definition) is 6. The Bertz CT molecular complexity index is 1190. The van der Waals surface area contributed by atoms with Gasteiger partial charge in [0.05, 0.1) is 28.7 Å². The summed E-state index contributed by atoms with van der Waals surface area (Å²) >= 11 is 0. The van der Waals surface area contributed by atoms with Crippen LogP contribution in [0, 0.1) is 13.8 Å². The molecule has 8 nitrogen and oxygen atoms in total. The third-order valence-corrected chi connectivity index (χ3v) is 5.62. The molecule has 0 saturated carbocycles. The number of hydrogen-bond donors (Lipinski definition) is 1. The number of ketones is 1. The average molecular weight is 434 g/mol. The lowest BCUT2D eigenvalue weighted by Gasteiger charge is -2.24. The van der Waals surface area contributed by atoms with E-state index in [2.05, 4.69) is 5.10 Å². The largest absolute Gasteiger partial charge is 0.507 e. The molecule has 1 atom stereocenters. The zero-order chi connectivity index (χ0) is 23.0. The van der Waals surface area contributed by atoms with Crippen LogP contribution in [0.25, 0.3) is 11.4 Å². The maximum absolute atomic E-state index is 13.1. The van der Waals surface area contributed by atoms with Crippen molar-refractivity contribution in [2.75, 3.05) is 27.2 Å². The van der Waals surface area contributed by atoms with Crippen LogP contribution >= 0.6 is 0 Å². The molecule has 1 aromatic carbocycles. The van der Waals surface area contributed by atoms with Gasteiger partial charge >= 0.3 is 0 Å². The Morgan fingerprint density at radius 1 is 1.12 bits per heavy atom. The summed E-state index contributed by atoms with van der Waals surface area (Å²) < 4.78 is 7.48. The SMILES string of the molecule is Cc1ccc([C@H]2C(=C(O)c3cnn(-c4ccccc4)c3C)C(=O)C(=O)N2CCN(C)C)o1. The minimum atomic E-state index is -0.803. The van der Waals surface area contributed by atoms with Gasteiger partial charge in [0.2, 0.25) is 0 Å². The van der Waals surface area contributed by atoms with Gasteiger partial charge in [0.1, 0.15) is 23.3 Å². The predicted molar refractivity (Wildman–Crippen MR) is 119 cm³/mol. The Morgan fingerprint density at radius 2 is 1.84 bits per heavy atom. The number of likely N-dealkylation sites (tertiary alicyclic amines) is 1. The number of likely N-dealkylation sites (N-methyl/N-ethyl adjacent to an activating group) is 1. The van der Waals surface area contributed by atoms with Crippen molar-refractivity contribution < 1.29 is 19.1 Å². The Balaban J connectivity index is 1.83. The lowest BCUT2D eigenvalue weighted by molar-refractivity contribution is -0.140. The fraction of sp³-hybridized carbons (Fsp3) is 0.292. The smallest absolute Gasteiger partial charge is 0.295 e. The highest BCUT2D eigenvalue weighted by Crippen LogP contribution is 2.40. The van der Waals surface area contributed by atoms with Crippen molar-refractivity contribution in [3.05, 3.63) is 77.0 Å². The molecular formula is C24H26N4O4. The summed E-state index contributed by atoms with van der Waals surface area (Å²) in [4.78, 5) is 29.4. The van der Waals surface area contributed by atoms with E-state index in [1.54, 1.807) is 23.7 Å². The van der Waals surface area contributed by atoms with Gasteiger partial charge in [0, 0.05) is 13.1 Å². The molecule has 1 fully saturated rings. The van der Waals surface area contributed by atoms with Gasteiger partial charge in [0.15, 0.2) is 0 Å². The summed E-state index contributed by atoms with van der Waals surface area (Å²) in [5, 5.41) is 15.6.